The van der Waals surface area contributed by atoms with Crippen LogP contribution in [0.2, 0.25) is 5.02 Å². The van der Waals surface area contributed by atoms with Crippen LogP contribution in [0.15, 0.2) is 36.4 Å². The number of methoxy groups -OCH3 is 1. The average Bonchev–Trinajstić information content (AvgIpc) is 2.66. The summed E-state index contributed by atoms with van der Waals surface area (Å²) in [4.78, 5) is 10.7. The minimum atomic E-state index is -1.16. The van der Waals surface area contributed by atoms with Crippen molar-refractivity contribution >= 4 is 23.6 Å². The first kappa shape index (κ1) is 23.9. The van der Waals surface area contributed by atoms with Crippen LogP contribution in [-0.2, 0) is 4.79 Å². The van der Waals surface area contributed by atoms with Gasteiger partial charge in [0.1, 0.15) is 11.6 Å². The first-order valence-electron chi connectivity index (χ1n) is 9.56. The molecule has 2 rings (SSSR count). The van der Waals surface area contributed by atoms with E-state index in [4.69, 9.17) is 21.4 Å². The summed E-state index contributed by atoms with van der Waals surface area (Å²) in [6, 6.07) is 7.73. The summed E-state index contributed by atoms with van der Waals surface area (Å²) in [7, 11) is 1.49. The summed E-state index contributed by atoms with van der Waals surface area (Å²) in [5, 5.41) is 29.2. The highest BCUT2D eigenvalue weighted by atomic mass is 35.5. The zero-order valence-electron chi connectivity index (χ0n) is 17.1. The Bertz CT molecular complexity index is 909. The molecule has 3 N–H and O–H groups in total. The number of aliphatic hydroxyl groups is 2. The zero-order chi connectivity index (χ0) is 22.4. The van der Waals surface area contributed by atoms with Crippen LogP contribution < -0.4 is 4.74 Å². The quantitative estimate of drug-likeness (QED) is 0.521. The van der Waals surface area contributed by atoms with Crippen molar-refractivity contribution in [2.75, 3.05) is 7.11 Å². The summed E-state index contributed by atoms with van der Waals surface area (Å²) < 4.78 is 19.0. The smallest absolute Gasteiger partial charge is 0.305 e. The fourth-order valence-electron chi connectivity index (χ4n) is 3.28. The van der Waals surface area contributed by atoms with Gasteiger partial charge in [-0.25, -0.2) is 4.39 Å². The van der Waals surface area contributed by atoms with E-state index >= 15 is 0 Å². The highest BCUT2D eigenvalue weighted by Crippen LogP contribution is 2.43. The van der Waals surface area contributed by atoms with Crippen LogP contribution in [0, 0.1) is 5.82 Å². The molecule has 0 heterocycles. The lowest BCUT2D eigenvalue weighted by atomic mass is 9.88. The Morgan fingerprint density at radius 2 is 1.87 bits per heavy atom. The molecule has 2 atom stereocenters. The summed E-state index contributed by atoms with van der Waals surface area (Å²) in [6.45, 7) is 3.99. The fraction of sp³-hybridized carbons (Fsp3) is 0.348. The van der Waals surface area contributed by atoms with Gasteiger partial charge in [0.05, 0.1) is 30.8 Å². The average molecular weight is 437 g/mol. The van der Waals surface area contributed by atoms with E-state index in [1.54, 1.807) is 24.3 Å². The molecule has 0 saturated heterocycles. The van der Waals surface area contributed by atoms with Crippen molar-refractivity contribution in [3.63, 3.8) is 0 Å². The topological polar surface area (TPSA) is 87.0 Å². The van der Waals surface area contributed by atoms with Gasteiger partial charge >= 0.3 is 5.97 Å². The number of carboxylic acid groups (broad SMARTS) is 1. The molecule has 0 aliphatic heterocycles. The third-order valence-electron chi connectivity index (χ3n) is 4.67. The maximum atomic E-state index is 13.5. The second-order valence-corrected chi connectivity index (χ2v) is 7.75. The van der Waals surface area contributed by atoms with Gasteiger partial charge in [-0.2, -0.15) is 0 Å². The minimum Gasteiger partial charge on any atom is -0.495 e. The van der Waals surface area contributed by atoms with Crippen molar-refractivity contribution < 1.29 is 29.2 Å². The number of ether oxygens (including phenoxy) is 1. The Kier molecular flexibility index (Phi) is 8.41. The van der Waals surface area contributed by atoms with Gasteiger partial charge in [-0.3, -0.25) is 4.79 Å². The molecule has 2 aromatic rings. The van der Waals surface area contributed by atoms with Crippen molar-refractivity contribution in [1.29, 1.82) is 0 Å². The second-order valence-electron chi connectivity index (χ2n) is 7.34. The van der Waals surface area contributed by atoms with Gasteiger partial charge < -0.3 is 20.1 Å². The van der Waals surface area contributed by atoms with Crippen LogP contribution in [0.1, 0.15) is 43.7 Å². The molecule has 0 radical (unpaired) electrons. The Labute approximate surface area is 180 Å². The fourth-order valence-corrected chi connectivity index (χ4v) is 3.56. The van der Waals surface area contributed by atoms with E-state index in [0.717, 1.165) is 11.1 Å². The summed E-state index contributed by atoms with van der Waals surface area (Å²) >= 11 is 6.45. The number of carbonyl (C=O) groups is 1. The van der Waals surface area contributed by atoms with Crippen molar-refractivity contribution in [3.05, 3.63) is 58.4 Å². The van der Waals surface area contributed by atoms with Crippen LogP contribution in [0.5, 0.6) is 5.75 Å². The first-order valence-corrected chi connectivity index (χ1v) is 9.94. The van der Waals surface area contributed by atoms with Gasteiger partial charge in [0.15, 0.2) is 0 Å². The Hall–Kier alpha value is -2.41. The number of rotatable bonds is 9. The van der Waals surface area contributed by atoms with E-state index in [2.05, 4.69) is 0 Å². The number of halogens is 2. The lowest BCUT2D eigenvalue weighted by Crippen LogP contribution is -2.19. The Balaban J connectivity index is 2.55. The second kappa shape index (κ2) is 10.6. The van der Waals surface area contributed by atoms with Crippen LogP contribution in [0.4, 0.5) is 4.39 Å². The van der Waals surface area contributed by atoms with Gasteiger partial charge in [0.2, 0.25) is 0 Å². The van der Waals surface area contributed by atoms with Gasteiger partial charge in [0, 0.05) is 12.0 Å². The zero-order valence-corrected chi connectivity index (χ0v) is 17.9. The largest absolute Gasteiger partial charge is 0.495 e. The van der Waals surface area contributed by atoms with Gasteiger partial charge in [-0.05, 0) is 40.8 Å². The standard InChI is InChI=1S/C23H26ClFO5/c1-13(2)19-12-20(24)23(30-3)22(14-4-6-15(25)7-5-14)18(19)9-8-16(26)10-17(27)11-21(28)29/h4-9,12-13,16-17,26-27H,10-11H2,1-3H3,(H,28,29)/b9-8+. The maximum absolute atomic E-state index is 13.5. The Morgan fingerprint density at radius 3 is 2.40 bits per heavy atom. The molecule has 2 unspecified atom stereocenters. The maximum Gasteiger partial charge on any atom is 0.305 e. The number of hydrogen-bond donors (Lipinski definition) is 3. The molecule has 2 aromatic carbocycles. The number of carboxylic acids is 1. The predicted molar refractivity (Wildman–Crippen MR) is 115 cm³/mol. The van der Waals surface area contributed by atoms with E-state index in [9.17, 15) is 19.4 Å². The molecular formula is C23H26ClFO5. The number of aliphatic hydroxyl groups excluding tert-OH is 2. The molecule has 0 aliphatic carbocycles. The van der Waals surface area contributed by atoms with Crippen molar-refractivity contribution in [2.45, 2.75) is 44.8 Å². The van der Waals surface area contributed by atoms with E-state index in [-0.39, 0.29) is 18.2 Å². The molecule has 162 valence electrons. The summed E-state index contributed by atoms with van der Waals surface area (Å²) in [5.41, 5.74) is 2.99. The lowest BCUT2D eigenvalue weighted by molar-refractivity contribution is -0.139. The third-order valence-corrected chi connectivity index (χ3v) is 4.96. The van der Waals surface area contributed by atoms with Crippen molar-refractivity contribution in [2.24, 2.45) is 0 Å². The number of benzene rings is 2. The van der Waals surface area contributed by atoms with Crippen LogP contribution in [0.25, 0.3) is 17.2 Å². The normalized spacial score (nSPS) is 13.6. The number of aliphatic carboxylic acids is 1. The van der Waals surface area contributed by atoms with Crippen molar-refractivity contribution in [3.8, 4) is 16.9 Å². The molecule has 7 heteroatoms. The highest BCUT2D eigenvalue weighted by molar-refractivity contribution is 6.32. The lowest BCUT2D eigenvalue weighted by Gasteiger charge is -2.20. The van der Waals surface area contributed by atoms with E-state index in [0.29, 0.717) is 21.9 Å². The van der Waals surface area contributed by atoms with Gasteiger partial charge in [0.25, 0.3) is 0 Å². The molecule has 0 aromatic heterocycles. The van der Waals surface area contributed by atoms with Crippen LogP contribution in [0.3, 0.4) is 0 Å². The summed E-state index contributed by atoms with van der Waals surface area (Å²) in [5.74, 6) is -1.000. The van der Waals surface area contributed by atoms with Crippen LogP contribution >= 0.6 is 11.6 Å². The van der Waals surface area contributed by atoms with Crippen LogP contribution in [-0.4, -0.2) is 40.6 Å². The van der Waals surface area contributed by atoms with Gasteiger partial charge in [-0.1, -0.05) is 49.7 Å². The molecule has 0 bridgehead atoms. The molecule has 0 amide bonds. The molecule has 0 fully saturated rings. The first-order chi connectivity index (χ1) is 14.1. The molecular weight excluding hydrogens is 411 g/mol. The SMILES string of the molecule is COc1c(Cl)cc(C(C)C)c(/C=C/C(O)CC(O)CC(=O)O)c1-c1ccc(F)cc1. The Morgan fingerprint density at radius 1 is 1.23 bits per heavy atom. The van der Waals surface area contributed by atoms with E-state index in [1.165, 1.54) is 25.3 Å². The van der Waals surface area contributed by atoms with Gasteiger partial charge in [-0.15, -0.1) is 0 Å². The molecule has 0 spiro atoms. The summed E-state index contributed by atoms with van der Waals surface area (Å²) in [6.07, 6.45) is 0.413. The van der Waals surface area contributed by atoms with E-state index in [1.807, 2.05) is 13.8 Å². The molecule has 30 heavy (non-hydrogen) atoms. The molecule has 0 saturated carbocycles. The number of hydrogen-bond acceptors (Lipinski definition) is 4. The predicted octanol–water partition coefficient (Wildman–Crippen LogP) is 4.88. The minimum absolute atomic E-state index is 0.0852. The van der Waals surface area contributed by atoms with E-state index < -0.39 is 24.6 Å². The molecule has 5 nitrogen and oxygen atoms in total. The van der Waals surface area contributed by atoms with Crippen molar-refractivity contribution in [1.82, 2.24) is 0 Å². The molecule has 0 aliphatic rings. The third kappa shape index (κ3) is 6.05. The highest BCUT2D eigenvalue weighted by Gasteiger charge is 2.20. The monoisotopic (exact) mass is 436 g/mol.